The molecule has 1 aliphatic heterocycles. The van der Waals surface area contributed by atoms with Gasteiger partial charge in [-0.3, -0.25) is 4.79 Å². The number of ether oxygens (including phenoxy) is 2. The average molecular weight is 160 g/mol. The largest absolute Gasteiger partial charge is 0.469 e. The van der Waals surface area contributed by atoms with Crippen LogP contribution in [0.5, 0.6) is 0 Å². The summed E-state index contributed by atoms with van der Waals surface area (Å²) in [6.07, 6.45) is 0. The minimum Gasteiger partial charge on any atom is -0.469 e. The highest BCUT2D eigenvalue weighted by atomic mass is 16.5. The summed E-state index contributed by atoms with van der Waals surface area (Å²) < 4.78 is 9.28. The Morgan fingerprint density at radius 1 is 1.73 bits per heavy atom. The molecule has 0 saturated carbocycles. The molecule has 0 aromatic heterocycles. The summed E-state index contributed by atoms with van der Waals surface area (Å²) in [7, 11) is 1.31. The summed E-state index contributed by atoms with van der Waals surface area (Å²) in [4.78, 5) is 10.9. The Morgan fingerprint density at radius 2 is 2.27 bits per heavy atom. The number of hydrogen-bond donors (Lipinski definition) is 1. The molecule has 1 saturated heterocycles. The van der Waals surface area contributed by atoms with Gasteiger partial charge in [-0.2, -0.15) is 0 Å². The van der Waals surface area contributed by atoms with Crippen LogP contribution in [0.15, 0.2) is 0 Å². The molecule has 4 nitrogen and oxygen atoms in total. The van der Waals surface area contributed by atoms with Gasteiger partial charge < -0.3 is 14.6 Å². The molecular weight excluding hydrogens is 148 g/mol. The van der Waals surface area contributed by atoms with Crippen molar-refractivity contribution in [2.75, 3.05) is 20.3 Å². The van der Waals surface area contributed by atoms with Crippen molar-refractivity contribution in [3.8, 4) is 0 Å². The molecule has 11 heavy (non-hydrogen) atoms. The molecule has 0 radical (unpaired) electrons. The van der Waals surface area contributed by atoms with Crippen molar-refractivity contribution in [1.82, 2.24) is 0 Å². The van der Waals surface area contributed by atoms with Crippen LogP contribution in [0.4, 0.5) is 0 Å². The van der Waals surface area contributed by atoms with Gasteiger partial charge in [0.2, 0.25) is 0 Å². The van der Waals surface area contributed by atoms with Crippen LogP contribution in [0.3, 0.4) is 0 Å². The Labute approximate surface area is 65.1 Å². The van der Waals surface area contributed by atoms with Gasteiger partial charge in [0.25, 0.3) is 0 Å². The van der Waals surface area contributed by atoms with Crippen molar-refractivity contribution in [2.45, 2.75) is 12.5 Å². The van der Waals surface area contributed by atoms with Gasteiger partial charge in [0.1, 0.15) is 5.60 Å². The maximum absolute atomic E-state index is 10.9. The van der Waals surface area contributed by atoms with Gasteiger partial charge >= 0.3 is 5.97 Å². The van der Waals surface area contributed by atoms with Crippen LogP contribution in [-0.4, -0.2) is 37.0 Å². The molecule has 1 fully saturated rings. The predicted octanol–water partition coefficient (Wildman–Crippen LogP) is -0.443. The normalized spacial score (nSPS) is 23.5. The monoisotopic (exact) mass is 160 g/mol. The van der Waals surface area contributed by atoms with E-state index in [0.29, 0.717) is 0 Å². The fraction of sp³-hybridized carbons (Fsp3) is 0.857. The highest BCUT2D eigenvalue weighted by molar-refractivity contribution is 5.73. The SMILES string of the molecule is COC(=O)C(C)C1(O)COC1. The first-order valence-electron chi connectivity index (χ1n) is 3.48. The molecule has 1 unspecified atom stereocenters. The van der Waals surface area contributed by atoms with Crippen molar-refractivity contribution >= 4 is 5.97 Å². The quantitative estimate of drug-likeness (QED) is 0.556. The second-order valence-corrected chi connectivity index (χ2v) is 2.84. The fourth-order valence-corrected chi connectivity index (χ4v) is 0.957. The van der Waals surface area contributed by atoms with Gasteiger partial charge in [0, 0.05) is 0 Å². The summed E-state index contributed by atoms with van der Waals surface area (Å²) >= 11 is 0. The first-order valence-corrected chi connectivity index (χ1v) is 3.48. The summed E-state index contributed by atoms with van der Waals surface area (Å²) in [5, 5.41) is 9.55. The molecule has 0 bridgehead atoms. The summed E-state index contributed by atoms with van der Waals surface area (Å²) in [5.41, 5.74) is -0.993. The van der Waals surface area contributed by atoms with Crippen LogP contribution in [0.2, 0.25) is 0 Å². The third kappa shape index (κ3) is 1.36. The van der Waals surface area contributed by atoms with E-state index in [4.69, 9.17) is 4.74 Å². The average Bonchev–Trinajstić information content (AvgIpc) is 1.97. The minimum atomic E-state index is -0.993. The maximum Gasteiger partial charge on any atom is 0.311 e. The predicted molar refractivity (Wildman–Crippen MR) is 36.9 cm³/mol. The van der Waals surface area contributed by atoms with Gasteiger partial charge in [0.15, 0.2) is 0 Å². The van der Waals surface area contributed by atoms with Gasteiger partial charge in [-0.15, -0.1) is 0 Å². The molecule has 64 valence electrons. The Balaban J connectivity index is 2.52. The van der Waals surface area contributed by atoms with E-state index in [9.17, 15) is 9.90 Å². The van der Waals surface area contributed by atoms with E-state index in [1.165, 1.54) is 7.11 Å². The molecule has 1 heterocycles. The molecule has 0 aliphatic carbocycles. The number of hydrogen-bond acceptors (Lipinski definition) is 4. The zero-order valence-corrected chi connectivity index (χ0v) is 6.66. The number of esters is 1. The van der Waals surface area contributed by atoms with E-state index in [2.05, 4.69) is 4.74 Å². The van der Waals surface area contributed by atoms with Crippen LogP contribution < -0.4 is 0 Å². The second-order valence-electron chi connectivity index (χ2n) is 2.84. The first-order chi connectivity index (χ1) is 5.10. The van der Waals surface area contributed by atoms with Crippen molar-refractivity contribution in [3.05, 3.63) is 0 Å². The standard InChI is InChI=1S/C7H12O4/c1-5(6(8)10-2)7(9)3-11-4-7/h5,9H,3-4H2,1-2H3. The summed E-state index contributed by atoms with van der Waals surface area (Å²) in [6.45, 7) is 2.08. The van der Waals surface area contributed by atoms with Crippen molar-refractivity contribution in [2.24, 2.45) is 5.92 Å². The number of aliphatic hydroxyl groups is 1. The smallest absolute Gasteiger partial charge is 0.311 e. The lowest BCUT2D eigenvalue weighted by Gasteiger charge is -2.39. The van der Waals surface area contributed by atoms with E-state index in [1.807, 2.05) is 0 Å². The second kappa shape index (κ2) is 2.79. The number of carbonyl (C=O) groups excluding carboxylic acids is 1. The van der Waals surface area contributed by atoms with E-state index in [0.717, 1.165) is 0 Å². The molecule has 0 spiro atoms. The van der Waals surface area contributed by atoms with Gasteiger partial charge in [-0.25, -0.2) is 0 Å². The number of carbonyl (C=O) groups is 1. The fourth-order valence-electron chi connectivity index (χ4n) is 0.957. The minimum absolute atomic E-state index is 0.225. The third-order valence-electron chi connectivity index (χ3n) is 2.06. The van der Waals surface area contributed by atoms with Gasteiger partial charge in [-0.1, -0.05) is 0 Å². The molecule has 0 aromatic rings. The first kappa shape index (κ1) is 8.49. The van der Waals surface area contributed by atoms with Crippen molar-refractivity contribution in [3.63, 3.8) is 0 Å². The Kier molecular flexibility index (Phi) is 2.15. The van der Waals surface area contributed by atoms with Crippen LogP contribution >= 0.6 is 0 Å². The van der Waals surface area contributed by atoms with Crippen molar-refractivity contribution < 1.29 is 19.4 Å². The third-order valence-corrected chi connectivity index (χ3v) is 2.06. The van der Waals surface area contributed by atoms with Gasteiger partial charge in [-0.05, 0) is 6.92 Å². The lowest BCUT2D eigenvalue weighted by molar-refractivity contribution is -0.212. The highest BCUT2D eigenvalue weighted by Gasteiger charge is 2.45. The molecular formula is C7H12O4. The number of methoxy groups -OCH3 is 1. The summed E-state index contributed by atoms with van der Waals surface area (Å²) in [6, 6.07) is 0. The Bertz CT molecular complexity index is 162. The molecule has 4 heteroatoms. The van der Waals surface area contributed by atoms with E-state index < -0.39 is 17.5 Å². The maximum atomic E-state index is 10.9. The van der Waals surface area contributed by atoms with E-state index in [-0.39, 0.29) is 13.2 Å². The molecule has 1 aliphatic rings. The van der Waals surface area contributed by atoms with E-state index >= 15 is 0 Å². The van der Waals surface area contributed by atoms with E-state index in [1.54, 1.807) is 6.92 Å². The van der Waals surface area contributed by atoms with Gasteiger partial charge in [0.05, 0.1) is 26.2 Å². The number of rotatable bonds is 2. The molecule has 0 amide bonds. The zero-order chi connectivity index (χ0) is 8.48. The molecule has 0 aromatic carbocycles. The molecule has 1 rings (SSSR count). The zero-order valence-electron chi connectivity index (χ0n) is 6.66. The van der Waals surface area contributed by atoms with Crippen molar-refractivity contribution in [1.29, 1.82) is 0 Å². The lowest BCUT2D eigenvalue weighted by Crippen LogP contribution is -2.56. The summed E-state index contributed by atoms with van der Waals surface area (Å²) in [5.74, 6) is -0.892. The van der Waals surface area contributed by atoms with Crippen LogP contribution in [0, 0.1) is 5.92 Å². The molecule has 1 N–H and O–H groups in total. The van der Waals surface area contributed by atoms with Crippen LogP contribution in [-0.2, 0) is 14.3 Å². The Hall–Kier alpha value is -0.610. The van der Waals surface area contributed by atoms with Crippen LogP contribution in [0.25, 0.3) is 0 Å². The highest BCUT2D eigenvalue weighted by Crippen LogP contribution is 2.26. The topological polar surface area (TPSA) is 55.8 Å². The molecule has 1 atom stereocenters. The van der Waals surface area contributed by atoms with Crippen LogP contribution in [0.1, 0.15) is 6.92 Å². The Morgan fingerprint density at radius 3 is 2.55 bits per heavy atom. The lowest BCUT2D eigenvalue weighted by atomic mass is 9.87.